The number of carbonyl (C=O) groups is 1. The van der Waals surface area contributed by atoms with Gasteiger partial charge in [0.25, 0.3) is 0 Å². The molecule has 10 atom stereocenters. The molecule has 0 aliphatic carbocycles. The van der Waals surface area contributed by atoms with Gasteiger partial charge in [0, 0.05) is 6.92 Å². The number of hydrogen-bond acceptors (Lipinski definition) is 11. The Hall–Kier alpha value is -0.930. The van der Waals surface area contributed by atoms with Gasteiger partial charge in [-0.05, 0) is 0 Å². The predicted octanol–water partition coefficient (Wildman–Crippen LogP) is -5.25. The number of amides is 1. The minimum atomic E-state index is -1.75. The third kappa shape index (κ3) is 4.31. The molecular weight excluding hydrogens is 358 g/mol. The van der Waals surface area contributed by atoms with Crippen LogP contribution in [0.3, 0.4) is 0 Å². The molecule has 1 amide bonds. The number of aliphatic hydroxyl groups is 7. The second-order valence-corrected chi connectivity index (χ2v) is 6.26. The maximum Gasteiger partial charge on any atom is 0.217 e. The van der Waals surface area contributed by atoms with Gasteiger partial charge in [-0.25, -0.2) is 0 Å². The Morgan fingerprint density at radius 1 is 0.923 bits per heavy atom. The van der Waals surface area contributed by atoms with Crippen molar-refractivity contribution in [1.29, 1.82) is 0 Å². The first kappa shape index (κ1) is 21.4. The summed E-state index contributed by atoms with van der Waals surface area (Å²) in [6.07, 6.45) is -13.6. The molecule has 0 unspecified atom stereocenters. The van der Waals surface area contributed by atoms with Crippen molar-refractivity contribution in [2.75, 3.05) is 13.2 Å². The Morgan fingerprint density at radius 2 is 1.54 bits per heavy atom. The van der Waals surface area contributed by atoms with E-state index < -0.39 is 80.5 Å². The maximum atomic E-state index is 11.4. The summed E-state index contributed by atoms with van der Waals surface area (Å²) in [7, 11) is 0. The molecule has 0 aromatic heterocycles. The van der Waals surface area contributed by atoms with Crippen LogP contribution in [0.5, 0.6) is 0 Å². The van der Waals surface area contributed by atoms with Crippen LogP contribution in [0, 0.1) is 0 Å². The van der Waals surface area contributed by atoms with Gasteiger partial charge in [-0.1, -0.05) is 0 Å². The van der Waals surface area contributed by atoms with Crippen LogP contribution in [-0.2, 0) is 19.0 Å². The molecule has 0 spiro atoms. The van der Waals surface area contributed by atoms with Crippen molar-refractivity contribution in [1.82, 2.24) is 5.32 Å². The van der Waals surface area contributed by atoms with Gasteiger partial charge in [-0.3, -0.25) is 4.79 Å². The number of ether oxygens (including phenoxy) is 3. The van der Waals surface area contributed by atoms with Gasteiger partial charge in [0.05, 0.1) is 13.2 Å². The van der Waals surface area contributed by atoms with Crippen LogP contribution in [0.2, 0.25) is 0 Å². The lowest BCUT2D eigenvalue weighted by Gasteiger charge is -2.46. The summed E-state index contributed by atoms with van der Waals surface area (Å²) >= 11 is 0. The lowest BCUT2D eigenvalue weighted by atomic mass is 9.95. The molecular formula is C14H25NO11. The molecule has 12 heteroatoms. The average molecular weight is 383 g/mol. The van der Waals surface area contributed by atoms with Crippen LogP contribution < -0.4 is 5.32 Å². The van der Waals surface area contributed by atoms with E-state index in [1.165, 1.54) is 0 Å². The number of carbonyl (C=O) groups excluding carboxylic acids is 1. The lowest BCUT2D eigenvalue weighted by molar-refractivity contribution is -0.341. The molecule has 0 saturated carbocycles. The molecule has 26 heavy (non-hydrogen) atoms. The van der Waals surface area contributed by atoms with Crippen LogP contribution in [0.4, 0.5) is 0 Å². The van der Waals surface area contributed by atoms with Gasteiger partial charge in [0.1, 0.15) is 48.8 Å². The highest BCUT2D eigenvalue weighted by Crippen LogP contribution is 2.28. The van der Waals surface area contributed by atoms with Gasteiger partial charge in [0.2, 0.25) is 5.91 Å². The number of aliphatic hydroxyl groups excluding tert-OH is 7. The molecule has 2 rings (SSSR count). The second-order valence-electron chi connectivity index (χ2n) is 6.26. The largest absolute Gasteiger partial charge is 0.394 e. The van der Waals surface area contributed by atoms with Crippen molar-refractivity contribution in [3.05, 3.63) is 0 Å². The molecule has 8 N–H and O–H groups in total. The first-order chi connectivity index (χ1) is 12.2. The summed E-state index contributed by atoms with van der Waals surface area (Å²) < 4.78 is 15.8. The van der Waals surface area contributed by atoms with Crippen LogP contribution in [-0.4, -0.2) is 116 Å². The monoisotopic (exact) mass is 383 g/mol. The standard InChI is InChI=1S/C14H25NO11/c1-4(18)15-7-9(20)8(19)5(2-16)25-14(7)26-12-6(3-17)24-13(23)11(22)10(12)21/h5-14,16-17,19-23H,2-3H2,1H3,(H,15,18)/t5-,6-,7+,8-,9-,10-,11-,12-,13+,14+/m1/s1. The van der Waals surface area contributed by atoms with Crippen LogP contribution in [0.1, 0.15) is 6.92 Å². The normalized spacial score (nSPS) is 46.8. The number of nitrogens with one attached hydrogen (secondary N) is 1. The maximum absolute atomic E-state index is 11.4. The topological polar surface area (TPSA) is 198 Å². The summed E-state index contributed by atoms with van der Waals surface area (Å²) in [5.41, 5.74) is 0. The van der Waals surface area contributed by atoms with E-state index in [0.717, 1.165) is 6.92 Å². The highest BCUT2D eigenvalue weighted by molar-refractivity contribution is 5.73. The van der Waals surface area contributed by atoms with E-state index in [0.29, 0.717) is 0 Å². The number of hydrogen-bond donors (Lipinski definition) is 8. The van der Waals surface area contributed by atoms with E-state index in [1.54, 1.807) is 0 Å². The minimum absolute atomic E-state index is 0.574. The Bertz CT molecular complexity index is 478. The summed E-state index contributed by atoms with van der Waals surface area (Å²) in [4.78, 5) is 11.4. The fourth-order valence-corrected chi connectivity index (χ4v) is 2.98. The van der Waals surface area contributed by atoms with Gasteiger partial charge in [-0.2, -0.15) is 0 Å². The summed E-state index contributed by atoms with van der Waals surface area (Å²) in [6.45, 7) is -0.194. The molecule has 0 aromatic carbocycles. The summed E-state index contributed by atoms with van der Waals surface area (Å²) in [5.74, 6) is -0.574. The zero-order chi connectivity index (χ0) is 19.6. The van der Waals surface area contributed by atoms with E-state index in [1.807, 2.05) is 0 Å². The quantitative estimate of drug-likeness (QED) is 0.226. The Morgan fingerprint density at radius 3 is 2.08 bits per heavy atom. The van der Waals surface area contributed by atoms with Gasteiger partial charge < -0.3 is 55.3 Å². The first-order valence-corrected chi connectivity index (χ1v) is 8.06. The van der Waals surface area contributed by atoms with E-state index in [4.69, 9.17) is 14.2 Å². The third-order valence-corrected chi connectivity index (χ3v) is 4.38. The highest BCUT2D eigenvalue weighted by atomic mass is 16.7. The molecule has 152 valence electrons. The summed E-state index contributed by atoms with van der Waals surface area (Å²) in [5, 5.41) is 70.5. The fourth-order valence-electron chi connectivity index (χ4n) is 2.98. The van der Waals surface area contributed by atoms with Crippen molar-refractivity contribution in [2.24, 2.45) is 0 Å². The van der Waals surface area contributed by atoms with Crippen LogP contribution in [0.15, 0.2) is 0 Å². The Labute approximate surface area is 148 Å². The van der Waals surface area contributed by atoms with Crippen molar-refractivity contribution < 1.29 is 54.8 Å². The Balaban J connectivity index is 2.22. The number of rotatable bonds is 5. The molecule has 2 fully saturated rings. The molecule has 2 heterocycles. The first-order valence-electron chi connectivity index (χ1n) is 8.06. The zero-order valence-electron chi connectivity index (χ0n) is 14.0. The lowest BCUT2D eigenvalue weighted by Crippen LogP contribution is -2.67. The average Bonchev–Trinajstić information content (AvgIpc) is 2.60. The second kappa shape index (κ2) is 8.84. The van der Waals surface area contributed by atoms with Crippen molar-refractivity contribution in [3.63, 3.8) is 0 Å². The predicted molar refractivity (Wildman–Crippen MR) is 80.2 cm³/mol. The SMILES string of the molecule is CC(=O)N[C@@H]1[C@H](O[C@H]2[C@H](O)[C@@H](O)[C@@H](O)O[C@@H]2CO)O[C@H](CO)[C@@H](O)[C@@H]1O. The molecule has 2 aliphatic heterocycles. The molecule has 0 radical (unpaired) electrons. The van der Waals surface area contributed by atoms with Crippen LogP contribution >= 0.6 is 0 Å². The molecule has 2 aliphatic rings. The van der Waals surface area contributed by atoms with E-state index in [9.17, 15) is 40.5 Å². The van der Waals surface area contributed by atoms with Gasteiger partial charge in [-0.15, -0.1) is 0 Å². The molecule has 2 saturated heterocycles. The smallest absolute Gasteiger partial charge is 0.217 e. The van der Waals surface area contributed by atoms with Crippen molar-refractivity contribution in [2.45, 2.75) is 68.3 Å². The molecule has 12 nitrogen and oxygen atoms in total. The van der Waals surface area contributed by atoms with E-state index >= 15 is 0 Å². The van der Waals surface area contributed by atoms with Gasteiger partial charge in [0.15, 0.2) is 12.6 Å². The zero-order valence-corrected chi connectivity index (χ0v) is 14.0. The van der Waals surface area contributed by atoms with E-state index in [-0.39, 0.29) is 0 Å². The summed E-state index contributed by atoms with van der Waals surface area (Å²) in [6, 6.07) is -1.28. The van der Waals surface area contributed by atoms with Crippen molar-refractivity contribution >= 4 is 5.91 Å². The minimum Gasteiger partial charge on any atom is -0.394 e. The van der Waals surface area contributed by atoms with Crippen molar-refractivity contribution in [3.8, 4) is 0 Å². The fraction of sp³-hybridized carbons (Fsp3) is 0.929. The molecule has 0 bridgehead atoms. The van der Waals surface area contributed by atoms with Gasteiger partial charge >= 0.3 is 0 Å². The Kier molecular flexibility index (Phi) is 7.27. The highest BCUT2D eigenvalue weighted by Gasteiger charge is 2.50. The molecule has 0 aromatic rings. The third-order valence-electron chi connectivity index (χ3n) is 4.38. The van der Waals surface area contributed by atoms with Crippen LogP contribution in [0.25, 0.3) is 0 Å². The van der Waals surface area contributed by atoms with E-state index in [2.05, 4.69) is 5.32 Å².